The average Bonchev–Trinajstić information content (AvgIpc) is 2.64. The first-order valence-electron chi connectivity index (χ1n) is 3.59. The molecule has 58 valence electrons. The van der Waals surface area contributed by atoms with E-state index in [0.717, 1.165) is 15.1 Å². The van der Waals surface area contributed by atoms with E-state index in [0.29, 0.717) is 0 Å². The van der Waals surface area contributed by atoms with Gasteiger partial charge in [-0.2, -0.15) is 0 Å². The Morgan fingerprint density at radius 3 is 2.18 bits per heavy atom. The van der Waals surface area contributed by atoms with Crippen molar-refractivity contribution in [1.82, 2.24) is 4.98 Å². The summed E-state index contributed by atoms with van der Waals surface area (Å²) in [7, 11) is 0. The largest absolute Gasteiger partial charge is 0.234 e. The summed E-state index contributed by atoms with van der Waals surface area (Å²) in [5.74, 6) is 0.797. The third-order valence-corrected chi connectivity index (χ3v) is 2.65. The zero-order chi connectivity index (χ0) is 7.84. The molecular formula is C8H7Br2N. The minimum Gasteiger partial charge on any atom is -0.234 e. The van der Waals surface area contributed by atoms with E-state index in [-0.39, 0.29) is 0 Å². The van der Waals surface area contributed by atoms with Gasteiger partial charge in [0.05, 0.1) is 0 Å². The number of pyridine rings is 1. The Labute approximate surface area is 82.5 Å². The Balaban J connectivity index is 2.39. The zero-order valence-electron chi connectivity index (χ0n) is 5.85. The lowest BCUT2D eigenvalue weighted by Gasteiger charge is -1.98. The first kappa shape index (κ1) is 7.74. The molecule has 11 heavy (non-hydrogen) atoms. The molecule has 0 bridgehead atoms. The molecular weight excluding hydrogens is 270 g/mol. The highest BCUT2D eigenvalue weighted by molar-refractivity contribution is 9.11. The van der Waals surface area contributed by atoms with Gasteiger partial charge in [0.15, 0.2) is 0 Å². The SMILES string of the molecule is Brc1cc(C2CC2)cc(Br)n1. The van der Waals surface area contributed by atoms with Gasteiger partial charge in [-0.05, 0) is 68.3 Å². The maximum atomic E-state index is 4.18. The molecule has 1 aliphatic carbocycles. The van der Waals surface area contributed by atoms with Crippen molar-refractivity contribution in [2.24, 2.45) is 0 Å². The summed E-state index contributed by atoms with van der Waals surface area (Å²) in [5.41, 5.74) is 1.40. The van der Waals surface area contributed by atoms with Gasteiger partial charge in [-0.1, -0.05) is 0 Å². The van der Waals surface area contributed by atoms with E-state index in [9.17, 15) is 0 Å². The molecule has 1 aromatic heterocycles. The van der Waals surface area contributed by atoms with Gasteiger partial charge < -0.3 is 0 Å². The molecule has 1 fully saturated rings. The van der Waals surface area contributed by atoms with Gasteiger partial charge >= 0.3 is 0 Å². The molecule has 0 aliphatic heterocycles. The molecule has 1 nitrogen and oxygen atoms in total. The summed E-state index contributed by atoms with van der Waals surface area (Å²) in [4.78, 5) is 4.18. The normalized spacial score (nSPS) is 16.9. The van der Waals surface area contributed by atoms with Crippen molar-refractivity contribution in [3.63, 3.8) is 0 Å². The number of aromatic nitrogens is 1. The maximum Gasteiger partial charge on any atom is 0.107 e. The molecule has 0 unspecified atom stereocenters. The Morgan fingerprint density at radius 2 is 1.73 bits per heavy atom. The average molecular weight is 277 g/mol. The summed E-state index contributed by atoms with van der Waals surface area (Å²) < 4.78 is 1.85. The molecule has 0 spiro atoms. The Hall–Kier alpha value is 0.110. The second-order valence-corrected chi connectivity index (χ2v) is 4.45. The second kappa shape index (κ2) is 2.87. The van der Waals surface area contributed by atoms with Crippen molar-refractivity contribution in [2.75, 3.05) is 0 Å². The van der Waals surface area contributed by atoms with E-state index in [1.54, 1.807) is 0 Å². The predicted octanol–water partition coefficient (Wildman–Crippen LogP) is 3.48. The van der Waals surface area contributed by atoms with Crippen molar-refractivity contribution in [2.45, 2.75) is 18.8 Å². The first-order valence-corrected chi connectivity index (χ1v) is 5.17. The van der Waals surface area contributed by atoms with Gasteiger partial charge in [-0.25, -0.2) is 4.98 Å². The van der Waals surface area contributed by atoms with Gasteiger partial charge in [-0.15, -0.1) is 0 Å². The van der Waals surface area contributed by atoms with Gasteiger partial charge in [0.1, 0.15) is 9.21 Å². The van der Waals surface area contributed by atoms with Crippen LogP contribution in [-0.4, -0.2) is 4.98 Å². The summed E-state index contributed by atoms with van der Waals surface area (Å²) in [6.45, 7) is 0. The van der Waals surface area contributed by atoms with Crippen LogP contribution in [-0.2, 0) is 0 Å². The van der Waals surface area contributed by atoms with Crippen LogP contribution < -0.4 is 0 Å². The fourth-order valence-corrected chi connectivity index (χ4v) is 2.28. The van der Waals surface area contributed by atoms with E-state index < -0.39 is 0 Å². The summed E-state index contributed by atoms with van der Waals surface area (Å²) in [6, 6.07) is 4.20. The quantitative estimate of drug-likeness (QED) is 0.716. The number of halogens is 2. The highest BCUT2D eigenvalue weighted by Gasteiger charge is 2.23. The van der Waals surface area contributed by atoms with Crippen LogP contribution in [0, 0.1) is 0 Å². The molecule has 0 atom stereocenters. The van der Waals surface area contributed by atoms with Gasteiger partial charge in [0.25, 0.3) is 0 Å². The van der Waals surface area contributed by atoms with Crippen LogP contribution in [0.15, 0.2) is 21.3 Å². The molecule has 0 aromatic carbocycles. The monoisotopic (exact) mass is 275 g/mol. The third-order valence-electron chi connectivity index (χ3n) is 1.83. The standard InChI is InChI=1S/C8H7Br2N/c9-7-3-6(5-1-2-5)4-8(10)11-7/h3-5H,1-2H2. The van der Waals surface area contributed by atoms with E-state index in [2.05, 4.69) is 49.0 Å². The van der Waals surface area contributed by atoms with Crippen molar-refractivity contribution in [3.05, 3.63) is 26.9 Å². The van der Waals surface area contributed by atoms with E-state index in [1.807, 2.05) is 0 Å². The van der Waals surface area contributed by atoms with Crippen LogP contribution in [0.5, 0.6) is 0 Å². The van der Waals surface area contributed by atoms with Gasteiger partial charge in [0, 0.05) is 0 Å². The minimum atomic E-state index is 0.797. The van der Waals surface area contributed by atoms with Crippen LogP contribution in [0.25, 0.3) is 0 Å². The van der Waals surface area contributed by atoms with E-state index >= 15 is 0 Å². The van der Waals surface area contributed by atoms with E-state index in [4.69, 9.17) is 0 Å². The predicted molar refractivity (Wildman–Crippen MR) is 51.6 cm³/mol. The molecule has 0 radical (unpaired) electrons. The van der Waals surface area contributed by atoms with Gasteiger partial charge in [0.2, 0.25) is 0 Å². The molecule has 1 aromatic rings. The lowest BCUT2D eigenvalue weighted by molar-refractivity contribution is 1.08. The van der Waals surface area contributed by atoms with Gasteiger partial charge in [-0.3, -0.25) is 0 Å². The van der Waals surface area contributed by atoms with Crippen LogP contribution in [0.3, 0.4) is 0 Å². The maximum absolute atomic E-state index is 4.18. The fourth-order valence-electron chi connectivity index (χ4n) is 1.14. The lowest BCUT2D eigenvalue weighted by Crippen LogP contribution is -1.83. The molecule has 1 saturated carbocycles. The fraction of sp³-hybridized carbons (Fsp3) is 0.375. The number of nitrogens with zero attached hydrogens (tertiary/aromatic N) is 1. The number of hydrogen-bond acceptors (Lipinski definition) is 1. The minimum absolute atomic E-state index is 0.797. The highest BCUT2D eigenvalue weighted by atomic mass is 79.9. The van der Waals surface area contributed by atoms with Crippen molar-refractivity contribution < 1.29 is 0 Å². The molecule has 0 amide bonds. The number of hydrogen-bond donors (Lipinski definition) is 0. The first-order chi connectivity index (χ1) is 5.25. The molecule has 0 N–H and O–H groups in total. The third kappa shape index (κ3) is 1.82. The Kier molecular flexibility index (Phi) is 2.02. The number of rotatable bonds is 1. The molecule has 1 heterocycles. The van der Waals surface area contributed by atoms with Crippen molar-refractivity contribution in [1.29, 1.82) is 0 Å². The Bertz CT molecular complexity index is 261. The molecule has 2 rings (SSSR count). The van der Waals surface area contributed by atoms with Crippen LogP contribution >= 0.6 is 31.9 Å². The summed E-state index contributed by atoms with van der Waals surface area (Å²) in [6.07, 6.45) is 2.67. The van der Waals surface area contributed by atoms with Crippen LogP contribution in [0.4, 0.5) is 0 Å². The molecule has 3 heteroatoms. The van der Waals surface area contributed by atoms with E-state index in [1.165, 1.54) is 18.4 Å². The highest BCUT2D eigenvalue weighted by Crippen LogP contribution is 2.41. The van der Waals surface area contributed by atoms with Crippen LogP contribution in [0.2, 0.25) is 0 Å². The smallest absolute Gasteiger partial charge is 0.107 e. The zero-order valence-corrected chi connectivity index (χ0v) is 9.02. The molecule has 1 aliphatic rings. The van der Waals surface area contributed by atoms with Crippen molar-refractivity contribution in [3.8, 4) is 0 Å². The topological polar surface area (TPSA) is 12.9 Å². The summed E-state index contributed by atoms with van der Waals surface area (Å²) >= 11 is 6.74. The summed E-state index contributed by atoms with van der Waals surface area (Å²) in [5, 5.41) is 0. The van der Waals surface area contributed by atoms with Crippen molar-refractivity contribution >= 4 is 31.9 Å². The molecule has 0 saturated heterocycles. The van der Waals surface area contributed by atoms with Crippen LogP contribution in [0.1, 0.15) is 24.3 Å². The second-order valence-electron chi connectivity index (χ2n) is 2.82. The Morgan fingerprint density at radius 1 is 1.18 bits per heavy atom. The lowest BCUT2D eigenvalue weighted by atomic mass is 10.2.